The van der Waals surface area contributed by atoms with Crippen LogP contribution in [-0.4, -0.2) is 49.3 Å². The van der Waals surface area contributed by atoms with Gasteiger partial charge in [0.1, 0.15) is 11.5 Å². The van der Waals surface area contributed by atoms with Crippen LogP contribution in [0.3, 0.4) is 0 Å². The van der Waals surface area contributed by atoms with E-state index in [1.165, 1.54) is 0 Å². The molecule has 28 heavy (non-hydrogen) atoms. The number of nitrogens with zero attached hydrogens (tertiary/aromatic N) is 1. The summed E-state index contributed by atoms with van der Waals surface area (Å²) >= 11 is 0. The van der Waals surface area contributed by atoms with Crippen molar-refractivity contribution in [2.75, 3.05) is 20.7 Å². The highest BCUT2D eigenvalue weighted by atomic mass is 16.5. The Morgan fingerprint density at radius 3 is 2.86 bits per heavy atom. The van der Waals surface area contributed by atoms with Gasteiger partial charge in [-0.15, -0.1) is 0 Å². The quantitative estimate of drug-likeness (QED) is 0.752. The predicted octanol–water partition coefficient (Wildman–Crippen LogP) is 2.63. The molecule has 4 aliphatic carbocycles. The number of ketones is 2. The molecule has 0 aromatic heterocycles. The Morgan fingerprint density at radius 1 is 1.32 bits per heavy atom. The van der Waals surface area contributed by atoms with Crippen molar-refractivity contribution in [2.24, 2.45) is 28.6 Å². The number of likely N-dealkylation sites (tertiary alicyclic amines) is 1. The van der Waals surface area contributed by atoms with Crippen molar-refractivity contribution in [1.29, 1.82) is 0 Å². The summed E-state index contributed by atoms with van der Waals surface area (Å²) in [5, 5.41) is 0. The fraction of sp³-hybridized carbons (Fsp3) is 0.652. The van der Waals surface area contributed by atoms with Crippen molar-refractivity contribution >= 4 is 11.6 Å². The fourth-order valence-corrected chi connectivity index (χ4v) is 7.41. The maximum absolute atomic E-state index is 14.1. The van der Waals surface area contributed by atoms with Crippen molar-refractivity contribution in [1.82, 2.24) is 4.90 Å². The topological polar surface area (TPSA) is 55.8 Å². The highest BCUT2D eigenvalue weighted by molar-refractivity contribution is 6.02. The summed E-state index contributed by atoms with van der Waals surface area (Å²) in [4.78, 5) is 29.5. The molecule has 5 nitrogen and oxygen atoms in total. The van der Waals surface area contributed by atoms with E-state index in [4.69, 9.17) is 9.47 Å². The lowest BCUT2D eigenvalue weighted by atomic mass is 9.39. The molecule has 4 fully saturated rings. The zero-order valence-electron chi connectivity index (χ0n) is 16.5. The Balaban J connectivity index is 1.63. The Bertz CT molecular complexity index is 868. The number of hydrogen-bond donors (Lipinski definition) is 0. The van der Waals surface area contributed by atoms with E-state index >= 15 is 0 Å². The maximum Gasteiger partial charge on any atom is 0.196 e. The number of hydrogen-bond acceptors (Lipinski definition) is 5. The number of ether oxygens (including phenoxy) is 2. The van der Waals surface area contributed by atoms with E-state index in [1.807, 2.05) is 12.2 Å². The van der Waals surface area contributed by atoms with Gasteiger partial charge in [0, 0.05) is 23.3 Å². The van der Waals surface area contributed by atoms with Gasteiger partial charge >= 0.3 is 0 Å². The Hall–Kier alpha value is -1.88. The molecule has 0 amide bonds. The van der Waals surface area contributed by atoms with Gasteiger partial charge in [-0.05, 0) is 57.3 Å². The van der Waals surface area contributed by atoms with Crippen molar-refractivity contribution in [2.45, 2.75) is 44.2 Å². The summed E-state index contributed by atoms with van der Waals surface area (Å²) in [6.07, 6.45) is 12.2. The number of allylic oxidation sites excluding steroid dienone is 3. The normalized spacial score (nSPS) is 46.1. The van der Waals surface area contributed by atoms with Crippen LogP contribution in [0.2, 0.25) is 0 Å². The first-order chi connectivity index (χ1) is 13.5. The molecule has 1 spiro atoms. The van der Waals surface area contributed by atoms with Crippen LogP contribution in [-0.2, 0) is 19.1 Å². The Morgan fingerprint density at radius 2 is 2.14 bits per heavy atom. The van der Waals surface area contributed by atoms with E-state index in [9.17, 15) is 9.59 Å². The SMILES string of the molecule is COC1=C2O[C@H]3C(=O)C=CC4(C(=O)C5CCC5)[C@H]5CC(C=C1)C2[C@@]34CCN5C. The Kier molecular flexibility index (Phi) is 3.27. The number of carbonyl (C=O) groups excluding carboxylic acids is 2. The Labute approximate surface area is 165 Å². The van der Waals surface area contributed by atoms with Crippen LogP contribution in [0.4, 0.5) is 0 Å². The van der Waals surface area contributed by atoms with E-state index in [0.717, 1.165) is 50.2 Å². The summed E-state index contributed by atoms with van der Waals surface area (Å²) < 4.78 is 12.0. The van der Waals surface area contributed by atoms with E-state index in [1.54, 1.807) is 13.2 Å². The van der Waals surface area contributed by atoms with E-state index in [0.29, 0.717) is 5.78 Å². The molecule has 2 saturated carbocycles. The predicted molar refractivity (Wildman–Crippen MR) is 102 cm³/mol. The molecule has 2 heterocycles. The van der Waals surface area contributed by atoms with Crippen LogP contribution in [0, 0.1) is 28.6 Å². The van der Waals surface area contributed by atoms with Gasteiger partial charge in [-0.3, -0.25) is 9.59 Å². The second-order valence-electron chi connectivity index (χ2n) is 9.55. The summed E-state index contributed by atoms with van der Waals surface area (Å²) in [5.74, 6) is 2.38. The number of Topliss-reactive ketones (excluding diaryl/α,β-unsaturated/α-hetero) is 1. The minimum absolute atomic E-state index is 0.0124. The van der Waals surface area contributed by atoms with Gasteiger partial charge in [0.2, 0.25) is 0 Å². The molecule has 6 aliphatic rings. The van der Waals surface area contributed by atoms with E-state index in [-0.39, 0.29) is 29.6 Å². The largest absolute Gasteiger partial charge is 0.493 e. The van der Waals surface area contributed by atoms with Gasteiger partial charge in [-0.1, -0.05) is 18.6 Å². The van der Waals surface area contributed by atoms with Gasteiger partial charge in [0.25, 0.3) is 0 Å². The van der Waals surface area contributed by atoms with Gasteiger partial charge in [-0.2, -0.15) is 0 Å². The summed E-state index contributed by atoms with van der Waals surface area (Å²) in [6.45, 7) is 0.897. The minimum Gasteiger partial charge on any atom is -0.493 e. The molecule has 6 rings (SSSR count). The minimum atomic E-state index is -0.628. The van der Waals surface area contributed by atoms with Crippen molar-refractivity contribution < 1.29 is 19.1 Å². The van der Waals surface area contributed by atoms with Crippen LogP contribution in [0.25, 0.3) is 0 Å². The standard InChI is InChI=1S/C23H27NO4/c1-24-11-10-23-18-14-6-7-16(27-2)19(18)28-21(23)15(25)8-9-22(23,17(24)12-14)20(26)13-4-3-5-13/h6-9,13-14,17-18,21H,3-5,10-12H2,1-2H3/t14?,17-,18?,21+,22?,23+/m1/s1. The summed E-state index contributed by atoms with van der Waals surface area (Å²) in [6, 6.07) is 0.124. The van der Waals surface area contributed by atoms with Crippen LogP contribution in [0.15, 0.2) is 35.8 Å². The van der Waals surface area contributed by atoms with Gasteiger partial charge in [0.15, 0.2) is 17.6 Å². The molecule has 0 N–H and O–H groups in total. The molecule has 0 aromatic rings. The van der Waals surface area contributed by atoms with Crippen LogP contribution in [0.1, 0.15) is 32.1 Å². The highest BCUT2D eigenvalue weighted by Crippen LogP contribution is 2.72. The van der Waals surface area contributed by atoms with Crippen molar-refractivity contribution in [3.05, 3.63) is 35.8 Å². The first-order valence-corrected chi connectivity index (χ1v) is 10.7. The molecule has 2 bridgehead atoms. The molecule has 148 valence electrons. The third-order valence-electron chi connectivity index (χ3n) is 8.79. The first-order valence-electron chi connectivity index (χ1n) is 10.7. The maximum atomic E-state index is 14.1. The fourth-order valence-electron chi connectivity index (χ4n) is 7.41. The van der Waals surface area contributed by atoms with Crippen molar-refractivity contribution in [3.8, 4) is 0 Å². The average molecular weight is 381 g/mol. The first kappa shape index (κ1) is 17.0. The van der Waals surface area contributed by atoms with Crippen LogP contribution in [0.5, 0.6) is 0 Å². The monoisotopic (exact) mass is 381 g/mol. The summed E-state index contributed by atoms with van der Waals surface area (Å²) in [7, 11) is 3.80. The van der Waals surface area contributed by atoms with Gasteiger partial charge in [-0.25, -0.2) is 0 Å². The third kappa shape index (κ3) is 1.66. The number of piperidine rings is 1. The van der Waals surface area contributed by atoms with Crippen LogP contribution < -0.4 is 0 Å². The average Bonchev–Trinajstić information content (AvgIpc) is 3.00. The second-order valence-corrected chi connectivity index (χ2v) is 9.55. The molecule has 0 aromatic carbocycles. The molecular formula is C23H27NO4. The number of methoxy groups -OCH3 is 1. The lowest BCUT2D eigenvalue weighted by molar-refractivity contribution is -0.183. The molecule has 0 radical (unpaired) electrons. The smallest absolute Gasteiger partial charge is 0.196 e. The van der Waals surface area contributed by atoms with Crippen LogP contribution >= 0.6 is 0 Å². The molecule has 2 aliphatic heterocycles. The zero-order valence-corrected chi connectivity index (χ0v) is 16.5. The van der Waals surface area contributed by atoms with E-state index < -0.39 is 16.9 Å². The second kappa shape index (κ2) is 5.38. The molecule has 2 saturated heterocycles. The van der Waals surface area contributed by atoms with E-state index in [2.05, 4.69) is 18.0 Å². The van der Waals surface area contributed by atoms with Gasteiger partial charge in [0.05, 0.1) is 12.5 Å². The molecular weight excluding hydrogens is 354 g/mol. The lowest BCUT2D eigenvalue weighted by Crippen LogP contribution is -2.74. The van der Waals surface area contributed by atoms with Crippen molar-refractivity contribution in [3.63, 3.8) is 0 Å². The molecule has 5 heteroatoms. The zero-order chi connectivity index (χ0) is 19.3. The molecule has 3 unspecified atom stereocenters. The highest BCUT2D eigenvalue weighted by Gasteiger charge is 2.78. The lowest BCUT2D eigenvalue weighted by Gasteiger charge is -2.66. The summed E-state index contributed by atoms with van der Waals surface area (Å²) in [5.41, 5.74) is -1.11. The molecule has 6 atom stereocenters. The number of rotatable bonds is 3. The van der Waals surface area contributed by atoms with Gasteiger partial charge < -0.3 is 14.4 Å². The number of carbonyl (C=O) groups is 2. The third-order valence-corrected chi connectivity index (χ3v) is 8.79.